The van der Waals surface area contributed by atoms with Crippen molar-refractivity contribution in [2.45, 2.75) is 31.1 Å². The lowest BCUT2D eigenvalue weighted by Crippen LogP contribution is -2.37. The van der Waals surface area contributed by atoms with E-state index in [0.29, 0.717) is 16.4 Å². The molecule has 0 bridgehead atoms. The zero-order chi connectivity index (χ0) is 19.8. The number of nitrogens with zero attached hydrogens (tertiary/aromatic N) is 2. The van der Waals surface area contributed by atoms with Crippen LogP contribution >= 0.6 is 11.8 Å². The van der Waals surface area contributed by atoms with Crippen LogP contribution < -0.4 is 4.90 Å². The van der Waals surface area contributed by atoms with Crippen molar-refractivity contribution in [3.05, 3.63) is 29.8 Å². The molecule has 0 unspecified atom stereocenters. The topological polar surface area (TPSA) is 121 Å². The van der Waals surface area contributed by atoms with Gasteiger partial charge in [0.25, 0.3) is 0 Å². The van der Waals surface area contributed by atoms with Crippen LogP contribution in [0.2, 0.25) is 0 Å². The minimum absolute atomic E-state index is 0.00638. The van der Waals surface area contributed by atoms with Crippen LogP contribution in [0, 0.1) is 0 Å². The Labute approximate surface area is 160 Å². The SMILES string of the molecule is CC(=O)c1cccc(N2C(=NC(=O)CCC(=O)O)S[C@@H]3CS(=O)(=O)C[C@H]32)c1. The number of Topliss-reactive ketones (excluding diaryl/α,β-unsaturated/α-hetero) is 1. The molecule has 0 aliphatic carbocycles. The van der Waals surface area contributed by atoms with Crippen LogP contribution in [0.4, 0.5) is 5.69 Å². The molecule has 10 heteroatoms. The Kier molecular flexibility index (Phi) is 5.38. The fourth-order valence-electron chi connectivity index (χ4n) is 3.12. The van der Waals surface area contributed by atoms with Gasteiger partial charge in [0.2, 0.25) is 5.91 Å². The molecule has 144 valence electrons. The Balaban J connectivity index is 1.96. The van der Waals surface area contributed by atoms with Gasteiger partial charge < -0.3 is 10.0 Å². The normalized spacial score (nSPS) is 24.8. The number of carboxylic acids is 1. The third-order valence-electron chi connectivity index (χ3n) is 4.37. The molecule has 27 heavy (non-hydrogen) atoms. The number of amidine groups is 1. The van der Waals surface area contributed by atoms with Gasteiger partial charge in [0.05, 0.1) is 24.0 Å². The fourth-order valence-corrected chi connectivity index (χ4v) is 7.05. The molecule has 8 nitrogen and oxygen atoms in total. The molecule has 1 amide bonds. The molecular weight excluding hydrogens is 392 g/mol. The van der Waals surface area contributed by atoms with Gasteiger partial charge in [-0.25, -0.2) is 8.42 Å². The van der Waals surface area contributed by atoms with Gasteiger partial charge in [0.15, 0.2) is 20.8 Å². The summed E-state index contributed by atoms with van der Waals surface area (Å²) in [5.41, 5.74) is 1.06. The molecule has 1 aromatic carbocycles. The van der Waals surface area contributed by atoms with E-state index < -0.39 is 21.7 Å². The number of anilines is 1. The standard InChI is InChI=1S/C17H18N2O6S2/c1-10(20)11-3-2-4-12(7-11)19-13-8-27(24,25)9-14(13)26-17(19)18-15(21)5-6-16(22)23/h2-4,7,13-14H,5-6,8-9H2,1H3,(H,22,23)/t13-,14-/m1/s1. The Bertz CT molecular complexity index is 940. The monoisotopic (exact) mass is 410 g/mol. The van der Waals surface area contributed by atoms with E-state index in [-0.39, 0.29) is 41.4 Å². The largest absolute Gasteiger partial charge is 0.481 e. The third kappa shape index (κ3) is 4.38. The molecule has 2 heterocycles. The predicted octanol–water partition coefficient (Wildman–Crippen LogP) is 1.36. The first-order chi connectivity index (χ1) is 12.7. The van der Waals surface area contributed by atoms with Gasteiger partial charge in [-0.1, -0.05) is 23.9 Å². The molecule has 2 fully saturated rings. The van der Waals surface area contributed by atoms with Gasteiger partial charge in [-0.3, -0.25) is 14.4 Å². The number of hydrogen-bond donors (Lipinski definition) is 1. The van der Waals surface area contributed by atoms with Gasteiger partial charge in [0, 0.05) is 22.9 Å². The number of ketones is 1. The number of carboxylic acid groups (broad SMARTS) is 1. The zero-order valence-corrected chi connectivity index (χ0v) is 16.1. The Morgan fingerprint density at radius 3 is 2.67 bits per heavy atom. The van der Waals surface area contributed by atoms with Crippen molar-refractivity contribution in [2.24, 2.45) is 4.99 Å². The number of fused-ring (bicyclic) bond motifs is 1. The van der Waals surface area contributed by atoms with Gasteiger partial charge in [-0.2, -0.15) is 4.99 Å². The summed E-state index contributed by atoms with van der Waals surface area (Å²) in [5.74, 6) is -1.85. The molecule has 2 aliphatic rings. The predicted molar refractivity (Wildman–Crippen MR) is 102 cm³/mol. The Morgan fingerprint density at radius 2 is 2.00 bits per heavy atom. The first-order valence-corrected chi connectivity index (χ1v) is 11.0. The van der Waals surface area contributed by atoms with E-state index in [4.69, 9.17) is 5.11 Å². The van der Waals surface area contributed by atoms with E-state index in [1.165, 1.54) is 18.7 Å². The van der Waals surface area contributed by atoms with Crippen molar-refractivity contribution >= 4 is 50.1 Å². The molecule has 0 aromatic heterocycles. The van der Waals surface area contributed by atoms with Crippen molar-refractivity contribution in [1.82, 2.24) is 0 Å². The smallest absolute Gasteiger partial charge is 0.303 e. The van der Waals surface area contributed by atoms with Gasteiger partial charge in [-0.05, 0) is 19.1 Å². The average Bonchev–Trinajstić information content (AvgIpc) is 3.03. The minimum Gasteiger partial charge on any atom is -0.481 e. The number of benzene rings is 1. The highest BCUT2D eigenvalue weighted by atomic mass is 32.2. The number of carbonyl (C=O) groups is 3. The molecule has 2 atom stereocenters. The van der Waals surface area contributed by atoms with Crippen molar-refractivity contribution in [3.8, 4) is 0 Å². The summed E-state index contributed by atoms with van der Waals surface area (Å²) in [6, 6.07) is 6.35. The first kappa shape index (κ1) is 19.6. The molecule has 3 rings (SSSR count). The lowest BCUT2D eigenvalue weighted by molar-refractivity contribution is -0.138. The minimum atomic E-state index is -3.19. The number of rotatable bonds is 5. The van der Waals surface area contributed by atoms with Crippen LogP contribution in [0.25, 0.3) is 0 Å². The number of amides is 1. The number of sulfone groups is 1. The highest BCUT2D eigenvalue weighted by Gasteiger charge is 2.49. The molecule has 2 aliphatic heterocycles. The molecular formula is C17H18N2O6S2. The molecule has 2 saturated heterocycles. The zero-order valence-electron chi connectivity index (χ0n) is 14.5. The van der Waals surface area contributed by atoms with Crippen molar-refractivity contribution in [1.29, 1.82) is 0 Å². The van der Waals surface area contributed by atoms with Crippen LogP contribution in [0.15, 0.2) is 29.3 Å². The van der Waals surface area contributed by atoms with Crippen LogP contribution in [-0.4, -0.2) is 59.1 Å². The maximum absolute atomic E-state index is 12.0. The number of thioether (sulfide) groups is 1. The Morgan fingerprint density at radius 1 is 1.26 bits per heavy atom. The van der Waals surface area contributed by atoms with Crippen molar-refractivity contribution in [3.63, 3.8) is 0 Å². The van der Waals surface area contributed by atoms with Gasteiger partial charge >= 0.3 is 5.97 Å². The number of aliphatic imine (C=N–C) groups is 1. The van der Waals surface area contributed by atoms with E-state index in [2.05, 4.69) is 4.99 Å². The van der Waals surface area contributed by atoms with Crippen LogP contribution in [-0.2, 0) is 19.4 Å². The third-order valence-corrected chi connectivity index (χ3v) is 7.58. The van der Waals surface area contributed by atoms with E-state index >= 15 is 0 Å². The first-order valence-electron chi connectivity index (χ1n) is 8.27. The summed E-state index contributed by atoms with van der Waals surface area (Å²) in [6.07, 6.45) is -0.546. The lowest BCUT2D eigenvalue weighted by Gasteiger charge is -2.24. The molecule has 0 spiro atoms. The summed E-state index contributed by atoms with van der Waals surface area (Å²) < 4.78 is 24.1. The van der Waals surface area contributed by atoms with Crippen LogP contribution in [0.5, 0.6) is 0 Å². The maximum atomic E-state index is 12.0. The van der Waals surface area contributed by atoms with Gasteiger partial charge in [-0.15, -0.1) is 0 Å². The van der Waals surface area contributed by atoms with E-state index in [0.717, 1.165) is 0 Å². The highest BCUT2D eigenvalue weighted by Crippen LogP contribution is 2.41. The summed E-state index contributed by atoms with van der Waals surface area (Å²) >= 11 is 1.21. The molecule has 1 aromatic rings. The van der Waals surface area contributed by atoms with E-state index in [9.17, 15) is 22.8 Å². The van der Waals surface area contributed by atoms with Crippen LogP contribution in [0.1, 0.15) is 30.1 Å². The molecule has 1 N–H and O–H groups in total. The summed E-state index contributed by atoms with van der Waals surface area (Å²) in [7, 11) is -3.19. The second-order valence-electron chi connectivity index (χ2n) is 6.46. The summed E-state index contributed by atoms with van der Waals surface area (Å²) in [4.78, 5) is 40.1. The number of hydrogen-bond acceptors (Lipinski definition) is 6. The summed E-state index contributed by atoms with van der Waals surface area (Å²) in [6.45, 7) is 1.44. The Hall–Kier alpha value is -2.20. The second-order valence-corrected chi connectivity index (χ2v) is 9.82. The second kappa shape index (κ2) is 7.43. The molecule has 0 radical (unpaired) electrons. The van der Waals surface area contributed by atoms with Crippen molar-refractivity contribution < 1.29 is 27.9 Å². The number of aliphatic carboxylic acids is 1. The average molecular weight is 410 g/mol. The quantitative estimate of drug-likeness (QED) is 0.722. The van der Waals surface area contributed by atoms with Gasteiger partial charge in [0.1, 0.15) is 0 Å². The van der Waals surface area contributed by atoms with Crippen molar-refractivity contribution in [2.75, 3.05) is 16.4 Å². The van der Waals surface area contributed by atoms with Crippen LogP contribution in [0.3, 0.4) is 0 Å². The highest BCUT2D eigenvalue weighted by molar-refractivity contribution is 8.16. The molecule has 0 saturated carbocycles. The van der Waals surface area contributed by atoms with E-state index in [1.54, 1.807) is 29.2 Å². The summed E-state index contributed by atoms with van der Waals surface area (Å²) in [5, 5.41) is 8.79. The lowest BCUT2D eigenvalue weighted by atomic mass is 10.1. The van der Waals surface area contributed by atoms with E-state index in [1.807, 2.05) is 0 Å². The maximum Gasteiger partial charge on any atom is 0.303 e. The number of carbonyl (C=O) groups excluding carboxylic acids is 2. The fraction of sp³-hybridized carbons (Fsp3) is 0.412.